The molecule has 102 valence electrons. The molecule has 0 aliphatic rings. The third kappa shape index (κ3) is 1.78. The van der Waals surface area contributed by atoms with Crippen LogP contribution in [-0.4, -0.2) is 14.0 Å². The zero-order valence-electron chi connectivity index (χ0n) is 11.6. The molecule has 4 aromatic rings. The van der Waals surface area contributed by atoms with Crippen molar-refractivity contribution >= 4 is 16.8 Å². The van der Waals surface area contributed by atoms with Gasteiger partial charge in [-0.25, -0.2) is 4.98 Å². The number of fused-ring (bicyclic) bond motifs is 3. The van der Waals surface area contributed by atoms with Crippen molar-refractivity contribution in [3.05, 3.63) is 73.4 Å². The lowest BCUT2D eigenvalue weighted by Gasteiger charge is -2.00. The minimum absolute atomic E-state index is 0.752. The molecule has 0 amide bonds. The smallest absolute Gasteiger partial charge is 0.215 e. The van der Waals surface area contributed by atoms with E-state index >= 15 is 0 Å². The molecule has 21 heavy (non-hydrogen) atoms. The summed E-state index contributed by atoms with van der Waals surface area (Å²) in [5, 5.41) is 0. The lowest BCUT2D eigenvalue weighted by atomic mass is 10.2. The van der Waals surface area contributed by atoms with Gasteiger partial charge in [-0.3, -0.25) is 4.40 Å². The van der Waals surface area contributed by atoms with Gasteiger partial charge in [0.15, 0.2) is 0 Å². The van der Waals surface area contributed by atoms with Crippen LogP contribution in [0.15, 0.2) is 73.4 Å². The zero-order chi connectivity index (χ0) is 14.2. The van der Waals surface area contributed by atoms with Gasteiger partial charge in [0.1, 0.15) is 0 Å². The molecule has 0 bridgehead atoms. The molecule has 0 atom stereocenters. The Balaban J connectivity index is 2.03. The monoisotopic (exact) mass is 273 g/mol. The minimum Gasteiger partial charge on any atom is -0.306 e. The molecule has 4 rings (SSSR count). The number of aromatic nitrogens is 3. The van der Waals surface area contributed by atoms with E-state index in [-0.39, 0.29) is 0 Å². The van der Waals surface area contributed by atoms with Crippen LogP contribution in [0.1, 0.15) is 0 Å². The summed E-state index contributed by atoms with van der Waals surface area (Å²) in [5.74, 6) is 0.954. The lowest BCUT2D eigenvalue weighted by molar-refractivity contribution is 0.874. The van der Waals surface area contributed by atoms with Crippen molar-refractivity contribution in [1.29, 1.82) is 0 Å². The number of allylic oxidation sites excluding steroid dienone is 1. The van der Waals surface area contributed by atoms with Crippen LogP contribution in [0.5, 0.6) is 0 Å². The van der Waals surface area contributed by atoms with Gasteiger partial charge in [0.05, 0.1) is 16.7 Å². The van der Waals surface area contributed by atoms with Crippen molar-refractivity contribution in [2.24, 2.45) is 0 Å². The first-order chi connectivity index (χ1) is 10.4. The quantitative estimate of drug-likeness (QED) is 0.514. The first kappa shape index (κ1) is 12.0. The van der Waals surface area contributed by atoms with Crippen molar-refractivity contribution in [2.75, 3.05) is 0 Å². The van der Waals surface area contributed by atoms with Gasteiger partial charge in [-0.2, -0.15) is 0 Å². The highest BCUT2D eigenvalue weighted by molar-refractivity contribution is 5.82. The minimum atomic E-state index is 0.752. The SMILES string of the molecule is C=CCn1c2ccccc2n2cc(-c3ccccc3)nc12. The second-order valence-corrected chi connectivity index (χ2v) is 5.05. The van der Waals surface area contributed by atoms with Crippen LogP contribution >= 0.6 is 0 Å². The summed E-state index contributed by atoms with van der Waals surface area (Å²) in [4.78, 5) is 4.82. The van der Waals surface area contributed by atoms with E-state index in [1.165, 1.54) is 11.0 Å². The predicted octanol–water partition coefficient (Wildman–Crippen LogP) is 4.14. The molecule has 0 aliphatic heterocycles. The van der Waals surface area contributed by atoms with Crippen LogP contribution in [0, 0.1) is 0 Å². The molecule has 0 saturated carbocycles. The summed E-state index contributed by atoms with van der Waals surface area (Å²) in [7, 11) is 0. The highest BCUT2D eigenvalue weighted by Crippen LogP contribution is 2.25. The van der Waals surface area contributed by atoms with Gasteiger partial charge in [-0.1, -0.05) is 48.5 Å². The Morgan fingerprint density at radius 1 is 0.952 bits per heavy atom. The fraction of sp³-hybridized carbons (Fsp3) is 0.0556. The number of nitrogens with zero attached hydrogens (tertiary/aromatic N) is 3. The Morgan fingerprint density at radius 3 is 2.43 bits per heavy atom. The molecule has 0 fully saturated rings. The zero-order valence-corrected chi connectivity index (χ0v) is 11.6. The number of hydrogen-bond donors (Lipinski definition) is 0. The molecule has 0 saturated heterocycles. The number of imidazole rings is 2. The Kier molecular flexibility index (Phi) is 2.64. The van der Waals surface area contributed by atoms with E-state index in [9.17, 15) is 0 Å². The molecular weight excluding hydrogens is 258 g/mol. The van der Waals surface area contributed by atoms with Crippen LogP contribution in [0.2, 0.25) is 0 Å². The van der Waals surface area contributed by atoms with Crippen LogP contribution in [-0.2, 0) is 6.54 Å². The van der Waals surface area contributed by atoms with Gasteiger partial charge < -0.3 is 4.57 Å². The van der Waals surface area contributed by atoms with Gasteiger partial charge in [-0.15, -0.1) is 6.58 Å². The highest BCUT2D eigenvalue weighted by Gasteiger charge is 2.13. The molecule has 2 heterocycles. The average Bonchev–Trinajstić information content (AvgIpc) is 3.08. The van der Waals surface area contributed by atoms with E-state index in [4.69, 9.17) is 4.98 Å². The maximum atomic E-state index is 4.82. The molecule has 3 heteroatoms. The lowest BCUT2D eigenvalue weighted by Crippen LogP contribution is -1.95. The third-order valence-electron chi connectivity index (χ3n) is 3.74. The first-order valence-electron chi connectivity index (χ1n) is 7.01. The third-order valence-corrected chi connectivity index (χ3v) is 3.74. The maximum absolute atomic E-state index is 4.82. The Morgan fingerprint density at radius 2 is 1.67 bits per heavy atom. The van der Waals surface area contributed by atoms with E-state index in [0.717, 1.165) is 23.6 Å². The van der Waals surface area contributed by atoms with E-state index in [1.54, 1.807) is 0 Å². The molecule has 0 aliphatic carbocycles. The summed E-state index contributed by atoms with van der Waals surface area (Å²) >= 11 is 0. The molecule has 0 radical (unpaired) electrons. The molecule has 2 aromatic carbocycles. The van der Waals surface area contributed by atoms with E-state index in [1.807, 2.05) is 24.3 Å². The van der Waals surface area contributed by atoms with Crippen molar-refractivity contribution in [2.45, 2.75) is 6.54 Å². The maximum Gasteiger partial charge on any atom is 0.215 e. The summed E-state index contributed by atoms with van der Waals surface area (Å²) in [6.07, 6.45) is 4.01. The second kappa shape index (κ2) is 4.63. The Labute approximate surface area is 122 Å². The number of hydrogen-bond acceptors (Lipinski definition) is 1. The number of rotatable bonds is 3. The van der Waals surface area contributed by atoms with Gasteiger partial charge >= 0.3 is 0 Å². The predicted molar refractivity (Wildman–Crippen MR) is 86.3 cm³/mol. The van der Waals surface area contributed by atoms with Gasteiger partial charge in [0.25, 0.3) is 0 Å². The van der Waals surface area contributed by atoms with Gasteiger partial charge in [0, 0.05) is 18.3 Å². The Hall–Kier alpha value is -2.81. The Bertz CT molecular complexity index is 929. The standard InChI is InChI=1S/C18H15N3/c1-2-12-20-16-10-6-7-11-17(16)21-13-15(19-18(20)21)14-8-4-3-5-9-14/h2-11,13H,1,12H2. The molecule has 2 aromatic heterocycles. The summed E-state index contributed by atoms with van der Waals surface area (Å²) in [5.41, 5.74) is 4.48. The normalized spacial score (nSPS) is 11.2. The van der Waals surface area contributed by atoms with Crippen molar-refractivity contribution in [3.8, 4) is 11.3 Å². The van der Waals surface area contributed by atoms with Crippen LogP contribution < -0.4 is 0 Å². The largest absolute Gasteiger partial charge is 0.306 e. The topological polar surface area (TPSA) is 22.2 Å². The van der Waals surface area contributed by atoms with Gasteiger partial charge in [0.2, 0.25) is 5.78 Å². The molecule has 3 nitrogen and oxygen atoms in total. The van der Waals surface area contributed by atoms with Crippen LogP contribution in [0.25, 0.3) is 28.1 Å². The van der Waals surface area contributed by atoms with E-state index < -0.39 is 0 Å². The van der Waals surface area contributed by atoms with E-state index in [0.29, 0.717) is 0 Å². The summed E-state index contributed by atoms with van der Waals surface area (Å²) in [6, 6.07) is 18.6. The van der Waals surface area contributed by atoms with Crippen LogP contribution in [0.3, 0.4) is 0 Å². The van der Waals surface area contributed by atoms with Crippen molar-refractivity contribution in [1.82, 2.24) is 14.0 Å². The van der Waals surface area contributed by atoms with Gasteiger partial charge in [-0.05, 0) is 12.1 Å². The highest BCUT2D eigenvalue weighted by atomic mass is 15.2. The van der Waals surface area contributed by atoms with Crippen LogP contribution in [0.4, 0.5) is 0 Å². The van der Waals surface area contributed by atoms with Crippen molar-refractivity contribution < 1.29 is 0 Å². The fourth-order valence-electron chi connectivity index (χ4n) is 2.80. The first-order valence-corrected chi connectivity index (χ1v) is 7.01. The molecule has 0 spiro atoms. The summed E-state index contributed by atoms with van der Waals surface area (Å²) in [6.45, 7) is 4.61. The van der Waals surface area contributed by atoms with E-state index in [2.05, 4.69) is 58.1 Å². The second-order valence-electron chi connectivity index (χ2n) is 5.05. The number of benzene rings is 2. The average molecular weight is 273 g/mol. The molecule has 0 unspecified atom stereocenters. The summed E-state index contributed by atoms with van der Waals surface area (Å²) < 4.78 is 4.34. The fourth-order valence-corrected chi connectivity index (χ4v) is 2.80. The number of para-hydroxylation sites is 2. The molecular formula is C18H15N3. The molecule has 0 N–H and O–H groups in total. The van der Waals surface area contributed by atoms with Crippen molar-refractivity contribution in [3.63, 3.8) is 0 Å².